The first-order valence-corrected chi connectivity index (χ1v) is 13.8. The zero-order valence-corrected chi connectivity index (χ0v) is 23.4. The smallest absolute Gasteiger partial charge is 0.271 e. The number of para-hydroxylation sites is 2. The Bertz CT molecular complexity index is 1570. The van der Waals surface area contributed by atoms with Gasteiger partial charge < -0.3 is 10.1 Å². The summed E-state index contributed by atoms with van der Waals surface area (Å²) < 4.78 is 6.71. The molecule has 2 amide bonds. The predicted octanol–water partition coefficient (Wildman–Crippen LogP) is 7.58. The van der Waals surface area contributed by atoms with E-state index >= 15 is 0 Å². The van der Waals surface area contributed by atoms with E-state index in [0.717, 1.165) is 21.4 Å². The molecule has 0 aliphatic carbocycles. The molecule has 0 radical (unpaired) electrons. The van der Waals surface area contributed by atoms with Crippen LogP contribution in [-0.2, 0) is 9.59 Å². The molecule has 4 aromatic carbocycles. The second kappa shape index (κ2) is 12.1. The number of nitrogens with one attached hydrogen (secondary N) is 1. The first-order chi connectivity index (χ1) is 19.0. The molecule has 1 aliphatic heterocycles. The number of aliphatic imine (C=N–C) groups is 1. The van der Waals surface area contributed by atoms with Gasteiger partial charge in [0.25, 0.3) is 11.8 Å². The minimum Gasteiger partial charge on any atom is -0.483 e. The molecule has 0 bridgehead atoms. The molecule has 4 aromatic rings. The lowest BCUT2D eigenvalue weighted by atomic mass is 10.2. The lowest BCUT2D eigenvalue weighted by Gasteiger charge is -2.15. The molecule has 39 heavy (non-hydrogen) atoms. The predicted molar refractivity (Wildman–Crippen MR) is 162 cm³/mol. The van der Waals surface area contributed by atoms with E-state index in [1.54, 1.807) is 17.0 Å². The summed E-state index contributed by atoms with van der Waals surface area (Å²) >= 11 is 4.80. The minimum absolute atomic E-state index is 0.177. The molecule has 1 aliphatic rings. The maximum Gasteiger partial charge on any atom is 0.271 e. The van der Waals surface area contributed by atoms with Gasteiger partial charge in [-0.05, 0) is 84.9 Å². The third kappa shape index (κ3) is 6.66. The van der Waals surface area contributed by atoms with Crippen molar-refractivity contribution in [1.82, 2.24) is 0 Å². The van der Waals surface area contributed by atoms with Crippen LogP contribution in [0.25, 0.3) is 6.08 Å². The molecule has 194 valence electrons. The number of anilines is 2. The summed E-state index contributed by atoms with van der Waals surface area (Å²) in [6.07, 6.45) is 1.77. The van der Waals surface area contributed by atoms with Crippen molar-refractivity contribution in [1.29, 1.82) is 0 Å². The van der Waals surface area contributed by atoms with Crippen molar-refractivity contribution < 1.29 is 14.3 Å². The van der Waals surface area contributed by atoms with Crippen LogP contribution in [0.4, 0.5) is 17.1 Å². The monoisotopic (exact) mass is 597 g/mol. The average molecular weight is 599 g/mol. The molecule has 5 rings (SSSR count). The van der Waals surface area contributed by atoms with Gasteiger partial charge >= 0.3 is 0 Å². The van der Waals surface area contributed by atoms with E-state index in [-0.39, 0.29) is 18.4 Å². The summed E-state index contributed by atoms with van der Waals surface area (Å²) in [6, 6.07) is 32.0. The number of thioether (sulfide) groups is 1. The maximum atomic E-state index is 13.6. The van der Waals surface area contributed by atoms with Crippen molar-refractivity contribution in [3.63, 3.8) is 0 Å². The number of nitrogens with zero attached hydrogens (tertiary/aromatic N) is 2. The number of halogens is 1. The Hall–Kier alpha value is -4.14. The standard InChI is InChI=1S/C31H24BrN3O3S/c1-21-9-8-12-25(17-21)33-29(36)20-38-27-16-15-23(32)18-22(27)19-28-30(37)35(26-13-6-3-7-14-26)31(39-28)34-24-10-4-2-5-11-24/h2-19H,20H2,1H3,(H,33,36)/b28-19-,34-31?. The minimum atomic E-state index is -0.277. The van der Waals surface area contributed by atoms with Crippen molar-refractivity contribution >= 4 is 67.8 Å². The molecule has 8 heteroatoms. The molecule has 0 atom stereocenters. The largest absolute Gasteiger partial charge is 0.483 e. The Morgan fingerprint density at radius 3 is 2.46 bits per heavy atom. The first kappa shape index (κ1) is 26.5. The van der Waals surface area contributed by atoms with Crippen LogP contribution in [0.2, 0.25) is 0 Å². The number of rotatable bonds is 7. The third-order valence-corrected chi connectivity index (χ3v) is 7.18. The molecule has 0 aromatic heterocycles. The van der Waals surface area contributed by atoms with E-state index in [4.69, 9.17) is 9.73 Å². The van der Waals surface area contributed by atoms with Gasteiger partial charge in [-0.3, -0.25) is 14.5 Å². The molecule has 0 spiro atoms. The highest BCUT2D eigenvalue weighted by Crippen LogP contribution is 2.38. The van der Waals surface area contributed by atoms with Crippen LogP contribution in [0.1, 0.15) is 11.1 Å². The van der Waals surface area contributed by atoms with Crippen LogP contribution in [0.15, 0.2) is 117 Å². The van der Waals surface area contributed by atoms with Gasteiger partial charge in [-0.15, -0.1) is 0 Å². The van der Waals surface area contributed by atoms with Gasteiger partial charge in [0.05, 0.1) is 16.3 Å². The highest BCUT2D eigenvalue weighted by atomic mass is 79.9. The number of hydrogen-bond donors (Lipinski definition) is 1. The van der Waals surface area contributed by atoms with Crippen molar-refractivity contribution in [2.75, 3.05) is 16.8 Å². The van der Waals surface area contributed by atoms with Gasteiger partial charge in [0.2, 0.25) is 0 Å². The highest BCUT2D eigenvalue weighted by molar-refractivity contribution is 9.10. The van der Waals surface area contributed by atoms with Gasteiger partial charge in [-0.2, -0.15) is 0 Å². The van der Waals surface area contributed by atoms with Gasteiger partial charge in [0, 0.05) is 15.7 Å². The summed E-state index contributed by atoms with van der Waals surface area (Å²) in [6.45, 7) is 1.79. The van der Waals surface area contributed by atoms with Crippen LogP contribution in [0.3, 0.4) is 0 Å². The van der Waals surface area contributed by atoms with Gasteiger partial charge in [-0.1, -0.05) is 64.5 Å². The normalized spacial score (nSPS) is 15.1. The molecule has 6 nitrogen and oxygen atoms in total. The highest BCUT2D eigenvalue weighted by Gasteiger charge is 2.35. The van der Waals surface area contributed by atoms with Crippen LogP contribution in [-0.4, -0.2) is 23.6 Å². The number of carbonyl (C=O) groups is 2. The van der Waals surface area contributed by atoms with Crippen LogP contribution in [0.5, 0.6) is 5.75 Å². The van der Waals surface area contributed by atoms with E-state index in [1.807, 2.05) is 104 Å². The number of carbonyl (C=O) groups excluding carboxylic acids is 2. The summed E-state index contributed by atoms with van der Waals surface area (Å²) in [5, 5.41) is 3.40. The molecule has 1 saturated heterocycles. The van der Waals surface area contributed by atoms with Gasteiger partial charge in [0.1, 0.15) is 5.75 Å². The van der Waals surface area contributed by atoms with Crippen molar-refractivity contribution in [3.05, 3.63) is 124 Å². The van der Waals surface area contributed by atoms with Gasteiger partial charge in [-0.25, -0.2) is 4.99 Å². The Morgan fingerprint density at radius 2 is 1.72 bits per heavy atom. The van der Waals surface area contributed by atoms with Crippen LogP contribution < -0.4 is 15.0 Å². The molecular formula is C31H24BrN3O3S. The number of amidine groups is 1. The Kier molecular flexibility index (Phi) is 8.24. The molecule has 1 N–H and O–H groups in total. The number of benzene rings is 4. The van der Waals surface area contributed by atoms with Crippen molar-refractivity contribution in [2.45, 2.75) is 6.92 Å². The van der Waals surface area contributed by atoms with Crippen LogP contribution in [0, 0.1) is 6.92 Å². The lowest BCUT2D eigenvalue weighted by molar-refractivity contribution is -0.118. The summed E-state index contributed by atoms with van der Waals surface area (Å²) in [4.78, 5) is 33.0. The van der Waals surface area contributed by atoms with E-state index in [0.29, 0.717) is 27.1 Å². The fraction of sp³-hybridized carbons (Fsp3) is 0.0645. The Morgan fingerprint density at radius 1 is 0.974 bits per heavy atom. The van der Waals surface area contributed by atoms with Gasteiger partial charge in [0.15, 0.2) is 11.8 Å². The Labute approximate surface area is 239 Å². The summed E-state index contributed by atoms with van der Waals surface area (Å²) in [7, 11) is 0. The maximum absolute atomic E-state index is 13.6. The second-order valence-electron chi connectivity index (χ2n) is 8.71. The summed E-state index contributed by atoms with van der Waals surface area (Å²) in [5.41, 5.74) is 3.90. The van der Waals surface area contributed by atoms with E-state index < -0.39 is 0 Å². The molecule has 1 fully saturated rings. The molecular weight excluding hydrogens is 574 g/mol. The zero-order chi connectivity index (χ0) is 27.2. The Balaban J connectivity index is 1.41. The SMILES string of the molecule is Cc1cccc(NC(=O)COc2ccc(Br)cc2/C=C2\SC(=Nc3ccccc3)N(c3ccccc3)C2=O)c1. The molecule has 0 unspecified atom stereocenters. The zero-order valence-electron chi connectivity index (χ0n) is 21.0. The third-order valence-electron chi connectivity index (χ3n) is 5.72. The van der Waals surface area contributed by atoms with Crippen molar-refractivity contribution in [2.24, 2.45) is 4.99 Å². The van der Waals surface area contributed by atoms with E-state index in [9.17, 15) is 9.59 Å². The summed E-state index contributed by atoms with van der Waals surface area (Å²) in [5.74, 6) is 0.0168. The van der Waals surface area contributed by atoms with E-state index in [1.165, 1.54) is 11.8 Å². The van der Waals surface area contributed by atoms with E-state index in [2.05, 4.69) is 21.2 Å². The first-order valence-electron chi connectivity index (χ1n) is 12.2. The fourth-order valence-corrected chi connectivity index (χ4v) is 5.31. The topological polar surface area (TPSA) is 71.0 Å². The van der Waals surface area contributed by atoms with Crippen molar-refractivity contribution in [3.8, 4) is 5.75 Å². The van der Waals surface area contributed by atoms with Crippen LogP contribution >= 0.6 is 27.7 Å². The number of aryl methyl sites for hydroxylation is 1. The fourth-order valence-electron chi connectivity index (χ4n) is 3.93. The molecule has 0 saturated carbocycles. The number of amides is 2. The quantitative estimate of drug-likeness (QED) is 0.223. The second-order valence-corrected chi connectivity index (χ2v) is 10.6. The lowest BCUT2D eigenvalue weighted by Crippen LogP contribution is -2.28. The number of ether oxygens (including phenoxy) is 1. The molecule has 1 heterocycles. The average Bonchev–Trinajstić information content (AvgIpc) is 3.23. The number of hydrogen-bond acceptors (Lipinski definition) is 5.